The normalized spacial score (nSPS) is 27.1. The van der Waals surface area contributed by atoms with E-state index in [-0.39, 0.29) is 5.92 Å². The van der Waals surface area contributed by atoms with Crippen molar-refractivity contribution in [3.05, 3.63) is 30.3 Å². The fourth-order valence-corrected chi connectivity index (χ4v) is 4.93. The molecular formula is C14H18O3Se. The average Bonchev–Trinajstić information content (AvgIpc) is 2.79. The van der Waals surface area contributed by atoms with E-state index in [1.54, 1.807) is 0 Å². The Morgan fingerprint density at radius 3 is 2.89 bits per heavy atom. The van der Waals surface area contributed by atoms with Gasteiger partial charge in [0, 0.05) is 0 Å². The van der Waals surface area contributed by atoms with Crippen LogP contribution in [-0.4, -0.2) is 38.7 Å². The molecule has 1 aromatic rings. The number of benzene rings is 1. The van der Waals surface area contributed by atoms with E-state index < -0.39 is 11.6 Å². The predicted molar refractivity (Wildman–Crippen MR) is 70.9 cm³/mol. The second kappa shape index (κ2) is 5.87. The molecule has 0 amide bonds. The number of carbonyl (C=O) groups excluding carboxylic acids is 1. The zero-order chi connectivity index (χ0) is 13.0. The van der Waals surface area contributed by atoms with Crippen molar-refractivity contribution in [2.45, 2.75) is 30.2 Å². The number of methoxy groups -OCH3 is 1. The Labute approximate surface area is 114 Å². The van der Waals surface area contributed by atoms with Crippen molar-refractivity contribution in [2.24, 2.45) is 5.92 Å². The topological polar surface area (TPSA) is 46.5 Å². The van der Waals surface area contributed by atoms with Crippen LogP contribution in [0.4, 0.5) is 0 Å². The summed E-state index contributed by atoms with van der Waals surface area (Å²) in [5.41, 5.74) is -1.24. The Balaban J connectivity index is 1.98. The van der Waals surface area contributed by atoms with E-state index in [4.69, 9.17) is 4.74 Å². The second-order valence-electron chi connectivity index (χ2n) is 4.63. The minimum atomic E-state index is -1.24. The molecule has 1 saturated carbocycles. The molecule has 0 radical (unpaired) electrons. The third kappa shape index (κ3) is 2.77. The van der Waals surface area contributed by atoms with Gasteiger partial charge in [-0.05, 0) is 0 Å². The van der Waals surface area contributed by atoms with Crippen LogP contribution in [0.5, 0.6) is 0 Å². The average molecular weight is 313 g/mol. The monoisotopic (exact) mass is 314 g/mol. The van der Waals surface area contributed by atoms with Crippen LogP contribution in [-0.2, 0) is 9.53 Å². The Hall–Kier alpha value is -0.831. The molecule has 3 nitrogen and oxygen atoms in total. The van der Waals surface area contributed by atoms with Crippen molar-refractivity contribution < 1.29 is 14.6 Å². The van der Waals surface area contributed by atoms with Crippen LogP contribution >= 0.6 is 0 Å². The van der Waals surface area contributed by atoms with Crippen molar-refractivity contribution in [3.63, 3.8) is 0 Å². The standard InChI is InChI=1S/C14H18O3Se/c1-17-13(15)14(16)9-5-6-11(14)10-18-12-7-3-2-4-8-12/h2-4,7-8,11,16H,5-6,9-10H2,1H3/t11-,14+/m0/s1. The van der Waals surface area contributed by atoms with Gasteiger partial charge in [-0.3, -0.25) is 0 Å². The Morgan fingerprint density at radius 1 is 1.50 bits per heavy atom. The molecule has 1 fully saturated rings. The van der Waals surface area contributed by atoms with Crippen molar-refractivity contribution in [1.82, 2.24) is 0 Å². The quantitative estimate of drug-likeness (QED) is 0.670. The molecule has 4 heteroatoms. The first-order valence-electron chi connectivity index (χ1n) is 6.15. The number of hydrogen-bond acceptors (Lipinski definition) is 3. The molecule has 98 valence electrons. The first-order valence-corrected chi connectivity index (χ1v) is 8.22. The summed E-state index contributed by atoms with van der Waals surface area (Å²) in [4.78, 5) is 11.7. The van der Waals surface area contributed by atoms with Crippen LogP contribution < -0.4 is 4.46 Å². The van der Waals surface area contributed by atoms with E-state index in [2.05, 4.69) is 12.1 Å². The molecule has 1 N–H and O–H groups in total. The molecule has 2 atom stereocenters. The van der Waals surface area contributed by atoms with Crippen LogP contribution in [0.2, 0.25) is 5.32 Å². The van der Waals surface area contributed by atoms with E-state index in [0.29, 0.717) is 21.4 Å². The Morgan fingerprint density at radius 2 is 2.22 bits per heavy atom. The molecular weight excluding hydrogens is 295 g/mol. The van der Waals surface area contributed by atoms with Gasteiger partial charge in [0.25, 0.3) is 0 Å². The van der Waals surface area contributed by atoms with Gasteiger partial charge >= 0.3 is 114 Å². The summed E-state index contributed by atoms with van der Waals surface area (Å²) < 4.78 is 6.05. The molecule has 0 spiro atoms. The van der Waals surface area contributed by atoms with Gasteiger partial charge in [-0.2, -0.15) is 0 Å². The van der Waals surface area contributed by atoms with Crippen molar-refractivity contribution >= 4 is 25.4 Å². The minimum absolute atomic E-state index is 0.0464. The van der Waals surface area contributed by atoms with E-state index in [9.17, 15) is 9.90 Å². The third-order valence-electron chi connectivity index (χ3n) is 3.52. The number of ether oxygens (including phenoxy) is 1. The van der Waals surface area contributed by atoms with E-state index >= 15 is 0 Å². The summed E-state index contributed by atoms with van der Waals surface area (Å²) in [7, 11) is 1.35. The molecule has 2 rings (SSSR count). The SMILES string of the molecule is COC(=O)[C@@]1(O)CCC[C@H]1C[Se]c1ccccc1. The molecule has 0 aromatic heterocycles. The molecule has 1 aliphatic carbocycles. The number of esters is 1. The number of rotatable bonds is 4. The van der Waals surface area contributed by atoms with Crippen LogP contribution in [0.3, 0.4) is 0 Å². The van der Waals surface area contributed by atoms with Gasteiger partial charge in [0.1, 0.15) is 0 Å². The zero-order valence-electron chi connectivity index (χ0n) is 10.5. The fourth-order valence-electron chi connectivity index (χ4n) is 2.44. The summed E-state index contributed by atoms with van der Waals surface area (Å²) in [6.07, 6.45) is 2.36. The van der Waals surface area contributed by atoms with Gasteiger partial charge in [0.15, 0.2) is 0 Å². The number of hydrogen-bond donors (Lipinski definition) is 1. The Bertz CT molecular complexity index is 407. The summed E-state index contributed by atoms with van der Waals surface area (Å²) in [5.74, 6) is -0.418. The van der Waals surface area contributed by atoms with E-state index in [0.717, 1.165) is 18.2 Å². The molecule has 0 unspecified atom stereocenters. The van der Waals surface area contributed by atoms with Gasteiger partial charge < -0.3 is 0 Å². The first-order chi connectivity index (χ1) is 8.66. The Kier molecular flexibility index (Phi) is 4.44. The molecule has 0 heterocycles. The second-order valence-corrected chi connectivity index (χ2v) is 6.92. The van der Waals surface area contributed by atoms with Crippen LogP contribution in [0, 0.1) is 5.92 Å². The van der Waals surface area contributed by atoms with Crippen LogP contribution in [0.15, 0.2) is 30.3 Å². The van der Waals surface area contributed by atoms with Gasteiger partial charge in [0.05, 0.1) is 0 Å². The first kappa shape index (κ1) is 13.6. The summed E-state index contributed by atoms with van der Waals surface area (Å²) >= 11 is 0.304. The van der Waals surface area contributed by atoms with Crippen LogP contribution in [0.1, 0.15) is 19.3 Å². The van der Waals surface area contributed by atoms with E-state index in [1.807, 2.05) is 18.2 Å². The number of carbonyl (C=O) groups is 1. The molecule has 0 aliphatic heterocycles. The third-order valence-corrected chi connectivity index (χ3v) is 5.98. The van der Waals surface area contributed by atoms with Gasteiger partial charge in [0.2, 0.25) is 0 Å². The summed E-state index contributed by atoms with van der Waals surface area (Å²) in [5, 5.41) is 11.3. The van der Waals surface area contributed by atoms with E-state index in [1.165, 1.54) is 11.6 Å². The molecule has 0 bridgehead atoms. The van der Waals surface area contributed by atoms with Crippen LogP contribution in [0.25, 0.3) is 0 Å². The summed E-state index contributed by atoms with van der Waals surface area (Å²) in [6.45, 7) is 0. The molecule has 18 heavy (non-hydrogen) atoms. The molecule has 1 aliphatic rings. The zero-order valence-corrected chi connectivity index (χ0v) is 12.2. The van der Waals surface area contributed by atoms with Crippen molar-refractivity contribution in [2.75, 3.05) is 7.11 Å². The maximum absolute atomic E-state index is 11.7. The van der Waals surface area contributed by atoms with Gasteiger partial charge in [-0.15, -0.1) is 0 Å². The molecule has 1 aromatic carbocycles. The molecule has 0 saturated heterocycles. The van der Waals surface area contributed by atoms with Crippen molar-refractivity contribution in [3.8, 4) is 0 Å². The predicted octanol–water partition coefficient (Wildman–Crippen LogP) is 1.14. The number of aliphatic hydroxyl groups is 1. The summed E-state index contributed by atoms with van der Waals surface area (Å²) in [6, 6.07) is 10.3. The fraction of sp³-hybridized carbons (Fsp3) is 0.500. The van der Waals surface area contributed by atoms with Crippen molar-refractivity contribution in [1.29, 1.82) is 0 Å². The van der Waals surface area contributed by atoms with Gasteiger partial charge in [-0.1, -0.05) is 0 Å². The van der Waals surface area contributed by atoms with Gasteiger partial charge in [-0.25, -0.2) is 0 Å². The maximum atomic E-state index is 11.7.